The lowest BCUT2D eigenvalue weighted by molar-refractivity contribution is -0.140. The molecule has 1 aromatic carbocycles. The van der Waals surface area contributed by atoms with Crippen molar-refractivity contribution in [3.8, 4) is 11.3 Å². The minimum atomic E-state index is -0.500. The molecule has 0 aliphatic carbocycles. The van der Waals surface area contributed by atoms with E-state index in [9.17, 15) is 9.59 Å². The Labute approximate surface area is 160 Å². The molecule has 1 aliphatic rings. The molecule has 0 unspecified atom stereocenters. The minimum absolute atomic E-state index is 0.154. The number of esters is 1. The first-order chi connectivity index (χ1) is 12.4. The van der Waals surface area contributed by atoms with Gasteiger partial charge in [0.15, 0.2) is 5.11 Å². The third-order valence-corrected chi connectivity index (χ3v) is 4.59. The van der Waals surface area contributed by atoms with Gasteiger partial charge in [-0.25, -0.2) is 0 Å². The maximum atomic E-state index is 12.4. The zero-order chi connectivity index (χ0) is 18.8. The van der Waals surface area contributed by atoms with Crippen LogP contribution in [0.4, 0.5) is 0 Å². The number of thiocarbonyl (C=S) groups is 1. The monoisotopic (exact) mass is 390 g/mol. The molecular formula is C18H15ClN2O4S. The number of benzene rings is 1. The first kappa shape index (κ1) is 18.2. The first-order valence-corrected chi connectivity index (χ1v) is 8.43. The SMILES string of the molecule is COC(=O)CN1C(=S)N(C)C(=O)/C1=C/c1ccc(-c2cccc(Cl)c2)o1. The van der Waals surface area contributed by atoms with E-state index in [4.69, 9.17) is 28.2 Å². The van der Waals surface area contributed by atoms with E-state index >= 15 is 0 Å². The van der Waals surface area contributed by atoms with Crippen molar-refractivity contribution in [1.82, 2.24) is 9.80 Å². The second-order valence-electron chi connectivity index (χ2n) is 5.55. The standard InChI is InChI=1S/C18H15ClN2O4S/c1-20-17(23)14(21(18(20)26)10-16(22)24-2)9-13-6-7-15(25-13)11-4-3-5-12(19)8-11/h3-9H,10H2,1-2H3/b14-9-. The Morgan fingerprint density at radius 1 is 1.35 bits per heavy atom. The van der Waals surface area contributed by atoms with Crippen molar-refractivity contribution in [1.29, 1.82) is 0 Å². The van der Waals surface area contributed by atoms with Gasteiger partial charge in [0.25, 0.3) is 5.91 Å². The molecule has 1 aliphatic heterocycles. The zero-order valence-electron chi connectivity index (χ0n) is 14.1. The molecule has 26 heavy (non-hydrogen) atoms. The van der Waals surface area contributed by atoms with Gasteiger partial charge in [-0.3, -0.25) is 14.5 Å². The Hall–Kier alpha value is -2.64. The predicted molar refractivity (Wildman–Crippen MR) is 101 cm³/mol. The summed E-state index contributed by atoms with van der Waals surface area (Å²) in [6.07, 6.45) is 1.55. The second kappa shape index (κ2) is 7.31. The van der Waals surface area contributed by atoms with Crippen molar-refractivity contribution < 1.29 is 18.7 Å². The van der Waals surface area contributed by atoms with Gasteiger partial charge in [-0.15, -0.1) is 0 Å². The maximum Gasteiger partial charge on any atom is 0.325 e. The van der Waals surface area contributed by atoms with Crippen LogP contribution in [0.5, 0.6) is 0 Å². The van der Waals surface area contributed by atoms with Gasteiger partial charge in [0, 0.05) is 23.7 Å². The van der Waals surface area contributed by atoms with Gasteiger partial charge in [-0.1, -0.05) is 23.7 Å². The van der Waals surface area contributed by atoms with E-state index in [1.165, 1.54) is 16.9 Å². The van der Waals surface area contributed by atoms with E-state index < -0.39 is 5.97 Å². The summed E-state index contributed by atoms with van der Waals surface area (Å²) in [4.78, 5) is 26.8. The Bertz CT molecular complexity index is 921. The topological polar surface area (TPSA) is 63.0 Å². The molecule has 0 N–H and O–H groups in total. The van der Waals surface area contributed by atoms with Gasteiger partial charge < -0.3 is 14.1 Å². The minimum Gasteiger partial charge on any atom is -0.468 e. The molecule has 2 aromatic rings. The van der Waals surface area contributed by atoms with Crippen molar-refractivity contribution in [2.45, 2.75) is 0 Å². The van der Waals surface area contributed by atoms with Crippen LogP contribution in [0.25, 0.3) is 17.4 Å². The van der Waals surface area contributed by atoms with E-state index in [0.717, 1.165) is 5.56 Å². The summed E-state index contributed by atoms with van der Waals surface area (Å²) in [5.41, 5.74) is 1.06. The van der Waals surface area contributed by atoms with E-state index in [1.54, 1.807) is 37.4 Å². The van der Waals surface area contributed by atoms with Crippen LogP contribution in [-0.2, 0) is 14.3 Å². The van der Waals surface area contributed by atoms with Crippen molar-refractivity contribution in [3.05, 3.63) is 52.9 Å². The molecule has 2 heterocycles. The Morgan fingerprint density at radius 2 is 2.12 bits per heavy atom. The highest BCUT2D eigenvalue weighted by atomic mass is 35.5. The van der Waals surface area contributed by atoms with Crippen LogP contribution in [0.1, 0.15) is 5.76 Å². The number of furan rings is 1. The summed E-state index contributed by atoms with van der Waals surface area (Å²) in [7, 11) is 2.83. The molecule has 1 saturated heterocycles. The molecule has 8 heteroatoms. The van der Waals surface area contributed by atoms with E-state index in [1.807, 2.05) is 12.1 Å². The van der Waals surface area contributed by atoms with Gasteiger partial charge in [0.2, 0.25) is 0 Å². The lowest BCUT2D eigenvalue weighted by Gasteiger charge is -2.16. The number of carbonyl (C=O) groups excluding carboxylic acids is 2. The number of halogens is 1. The molecule has 0 radical (unpaired) electrons. The van der Waals surface area contributed by atoms with Crippen LogP contribution in [0, 0.1) is 0 Å². The number of methoxy groups -OCH3 is 1. The quantitative estimate of drug-likeness (QED) is 0.454. The average Bonchev–Trinajstić information content (AvgIpc) is 3.17. The zero-order valence-corrected chi connectivity index (χ0v) is 15.6. The van der Waals surface area contributed by atoms with E-state index in [0.29, 0.717) is 16.5 Å². The molecule has 1 aromatic heterocycles. The van der Waals surface area contributed by atoms with Gasteiger partial charge in [0.1, 0.15) is 23.8 Å². The first-order valence-electron chi connectivity index (χ1n) is 7.64. The summed E-state index contributed by atoms with van der Waals surface area (Å²) < 4.78 is 10.5. The van der Waals surface area contributed by atoms with Gasteiger partial charge in [-0.05, 0) is 36.5 Å². The summed E-state index contributed by atoms with van der Waals surface area (Å²) in [6, 6.07) is 10.8. The van der Waals surface area contributed by atoms with Gasteiger partial charge in [0.05, 0.1) is 7.11 Å². The maximum absolute atomic E-state index is 12.4. The third-order valence-electron chi connectivity index (χ3n) is 3.86. The number of hydrogen-bond donors (Lipinski definition) is 0. The number of amides is 1. The van der Waals surface area contributed by atoms with Crippen LogP contribution in [0.2, 0.25) is 5.02 Å². The fourth-order valence-corrected chi connectivity index (χ4v) is 2.94. The van der Waals surface area contributed by atoms with Crippen LogP contribution in [-0.4, -0.2) is 47.5 Å². The van der Waals surface area contributed by atoms with Gasteiger partial charge >= 0.3 is 5.97 Å². The normalized spacial score (nSPS) is 15.9. The molecule has 1 fully saturated rings. The number of ether oxygens (including phenoxy) is 1. The van der Waals surface area contributed by atoms with Crippen LogP contribution in [0.15, 0.2) is 46.5 Å². The molecule has 0 saturated carbocycles. The average molecular weight is 391 g/mol. The van der Waals surface area contributed by atoms with E-state index in [-0.39, 0.29) is 23.3 Å². The van der Waals surface area contributed by atoms with Crippen molar-refractivity contribution >= 4 is 46.9 Å². The smallest absolute Gasteiger partial charge is 0.325 e. The largest absolute Gasteiger partial charge is 0.468 e. The number of carbonyl (C=O) groups is 2. The number of likely N-dealkylation sites (N-methyl/N-ethyl adjacent to an activating group) is 1. The Kier molecular flexibility index (Phi) is 5.11. The molecule has 0 bridgehead atoms. The highest BCUT2D eigenvalue weighted by molar-refractivity contribution is 7.80. The molecule has 3 rings (SSSR count). The van der Waals surface area contributed by atoms with Crippen LogP contribution in [0.3, 0.4) is 0 Å². The fraction of sp³-hybridized carbons (Fsp3) is 0.167. The molecule has 0 spiro atoms. The second-order valence-corrected chi connectivity index (χ2v) is 6.35. The lowest BCUT2D eigenvalue weighted by atomic mass is 10.2. The summed E-state index contributed by atoms with van der Waals surface area (Å²) >= 11 is 11.2. The van der Waals surface area contributed by atoms with Crippen molar-refractivity contribution in [3.63, 3.8) is 0 Å². The summed E-state index contributed by atoms with van der Waals surface area (Å²) in [5.74, 6) is 0.247. The third kappa shape index (κ3) is 3.49. The predicted octanol–water partition coefficient (Wildman–Crippen LogP) is 3.17. The van der Waals surface area contributed by atoms with Crippen LogP contribution < -0.4 is 0 Å². The number of hydrogen-bond acceptors (Lipinski definition) is 5. The summed E-state index contributed by atoms with van der Waals surface area (Å²) in [5, 5.41) is 0.828. The van der Waals surface area contributed by atoms with Crippen LogP contribution >= 0.6 is 23.8 Å². The lowest BCUT2D eigenvalue weighted by Crippen LogP contribution is -2.33. The van der Waals surface area contributed by atoms with E-state index in [2.05, 4.69) is 4.74 Å². The Balaban J connectivity index is 1.93. The highest BCUT2D eigenvalue weighted by Gasteiger charge is 2.37. The molecular weight excluding hydrogens is 376 g/mol. The fourth-order valence-electron chi connectivity index (χ4n) is 2.51. The van der Waals surface area contributed by atoms with Crippen molar-refractivity contribution in [2.24, 2.45) is 0 Å². The highest BCUT2D eigenvalue weighted by Crippen LogP contribution is 2.28. The molecule has 0 atom stereocenters. The number of rotatable bonds is 4. The summed E-state index contributed by atoms with van der Waals surface area (Å²) in [6.45, 7) is -0.154. The number of nitrogens with zero attached hydrogens (tertiary/aromatic N) is 2. The van der Waals surface area contributed by atoms with Gasteiger partial charge in [-0.2, -0.15) is 0 Å². The molecule has 134 valence electrons. The molecule has 6 nitrogen and oxygen atoms in total. The Morgan fingerprint density at radius 3 is 2.81 bits per heavy atom. The van der Waals surface area contributed by atoms with Crippen molar-refractivity contribution in [2.75, 3.05) is 20.7 Å². The molecule has 1 amide bonds.